The minimum Gasteiger partial charge on any atom is -0.353 e. The summed E-state index contributed by atoms with van der Waals surface area (Å²) in [6, 6.07) is 6.91. The second kappa shape index (κ2) is 10.6. The Morgan fingerprint density at radius 1 is 1.19 bits per heavy atom. The number of nitrogens with one attached hydrogen (secondary N) is 2. The first-order valence-corrected chi connectivity index (χ1v) is 14.7. The summed E-state index contributed by atoms with van der Waals surface area (Å²) in [6.07, 6.45) is 6.60. The van der Waals surface area contributed by atoms with Gasteiger partial charge in [-0.15, -0.1) is 0 Å². The van der Waals surface area contributed by atoms with Crippen LogP contribution in [-0.2, 0) is 15.3 Å². The molecule has 4 unspecified atom stereocenters. The third-order valence-corrected chi connectivity index (χ3v) is 9.34. The van der Waals surface area contributed by atoms with Crippen LogP contribution < -0.4 is 10.7 Å². The van der Waals surface area contributed by atoms with Crippen LogP contribution in [0.4, 0.5) is 0 Å². The molecule has 2 amide bonds. The SMILES string of the molecule is Cc1ccc(C)c(CSC2=NNC3N(CC(C)C)C(=O)C4CCC(C(=O)NC5CCCC5)CC4N23)c1. The van der Waals surface area contributed by atoms with E-state index in [4.69, 9.17) is 5.10 Å². The first-order chi connectivity index (χ1) is 17.3. The second-order valence-corrected chi connectivity index (χ2v) is 12.5. The van der Waals surface area contributed by atoms with Gasteiger partial charge in [0.25, 0.3) is 0 Å². The molecule has 2 aliphatic heterocycles. The standard InChI is InChI=1S/C28H41N5O2S/c1-17(2)15-32-26(35)23-12-11-20(25(34)29-22-7-5-6-8-22)14-24(23)33-27(32)30-31-28(33)36-16-21-13-18(3)9-10-19(21)4/h9-10,13,17,20,22-24,27,30H,5-8,11-12,14-16H2,1-4H3,(H,29,34). The molecule has 36 heavy (non-hydrogen) atoms. The average molecular weight is 512 g/mol. The van der Waals surface area contributed by atoms with E-state index >= 15 is 0 Å². The Bertz CT molecular complexity index is 1020. The molecule has 4 aliphatic rings. The lowest BCUT2D eigenvalue weighted by Gasteiger charge is -2.51. The van der Waals surface area contributed by atoms with Crippen LogP contribution in [0.5, 0.6) is 0 Å². The minimum absolute atomic E-state index is 0.00107. The Kier molecular flexibility index (Phi) is 7.52. The first kappa shape index (κ1) is 25.4. The maximum atomic E-state index is 13.7. The van der Waals surface area contributed by atoms with Gasteiger partial charge in [-0.3, -0.25) is 15.0 Å². The van der Waals surface area contributed by atoms with Crippen molar-refractivity contribution in [3.8, 4) is 0 Å². The summed E-state index contributed by atoms with van der Waals surface area (Å²) in [7, 11) is 0. The Hall–Kier alpha value is -2.22. The lowest BCUT2D eigenvalue weighted by molar-refractivity contribution is -0.158. The van der Waals surface area contributed by atoms with Crippen molar-refractivity contribution < 1.29 is 9.59 Å². The van der Waals surface area contributed by atoms with Gasteiger partial charge >= 0.3 is 0 Å². The molecule has 196 valence electrons. The molecule has 0 aromatic heterocycles. The van der Waals surface area contributed by atoms with Crippen molar-refractivity contribution >= 4 is 28.7 Å². The summed E-state index contributed by atoms with van der Waals surface area (Å²) in [5.74, 6) is 1.48. The molecule has 1 aromatic carbocycles. The van der Waals surface area contributed by atoms with Gasteiger partial charge in [-0.2, -0.15) is 5.10 Å². The molecule has 1 aromatic rings. The number of thioether (sulfide) groups is 1. The zero-order valence-electron chi connectivity index (χ0n) is 22.1. The van der Waals surface area contributed by atoms with Crippen LogP contribution in [0.25, 0.3) is 0 Å². The first-order valence-electron chi connectivity index (χ1n) is 13.7. The Morgan fingerprint density at radius 2 is 1.97 bits per heavy atom. The topological polar surface area (TPSA) is 77.0 Å². The fraction of sp³-hybridized carbons (Fsp3) is 0.679. The van der Waals surface area contributed by atoms with Gasteiger partial charge in [-0.25, -0.2) is 0 Å². The number of benzene rings is 1. The van der Waals surface area contributed by atoms with Gasteiger partial charge in [-0.05, 0) is 63.0 Å². The maximum absolute atomic E-state index is 13.7. The van der Waals surface area contributed by atoms with Crippen molar-refractivity contribution in [1.29, 1.82) is 0 Å². The van der Waals surface area contributed by atoms with Crippen LogP contribution in [0, 0.1) is 31.6 Å². The van der Waals surface area contributed by atoms with E-state index in [2.05, 4.69) is 61.5 Å². The molecule has 3 fully saturated rings. The van der Waals surface area contributed by atoms with Gasteiger partial charge in [0, 0.05) is 30.3 Å². The largest absolute Gasteiger partial charge is 0.353 e. The zero-order valence-corrected chi connectivity index (χ0v) is 22.9. The van der Waals surface area contributed by atoms with E-state index in [1.54, 1.807) is 11.8 Å². The van der Waals surface area contributed by atoms with Crippen molar-refractivity contribution in [1.82, 2.24) is 20.5 Å². The Labute approximate surface area is 219 Å². The number of aryl methyl sites for hydroxylation is 2. The summed E-state index contributed by atoms with van der Waals surface area (Å²) in [5, 5.41) is 9.00. The van der Waals surface area contributed by atoms with Gasteiger partial charge in [0.2, 0.25) is 11.8 Å². The maximum Gasteiger partial charge on any atom is 0.230 e. The molecule has 7 nitrogen and oxygen atoms in total. The molecule has 2 saturated carbocycles. The molecule has 0 radical (unpaired) electrons. The highest BCUT2D eigenvalue weighted by atomic mass is 32.2. The smallest absolute Gasteiger partial charge is 0.230 e. The van der Waals surface area contributed by atoms with Crippen molar-refractivity contribution in [2.24, 2.45) is 22.9 Å². The number of fused-ring (bicyclic) bond motifs is 3. The molecule has 2 heterocycles. The molecular formula is C28H41N5O2S. The minimum atomic E-state index is -0.265. The van der Waals surface area contributed by atoms with E-state index in [-0.39, 0.29) is 36.0 Å². The fourth-order valence-electron chi connectivity index (χ4n) is 6.37. The van der Waals surface area contributed by atoms with E-state index in [0.717, 1.165) is 36.6 Å². The number of carbonyl (C=O) groups is 2. The second-order valence-electron chi connectivity index (χ2n) is 11.6. The highest BCUT2D eigenvalue weighted by molar-refractivity contribution is 8.13. The van der Waals surface area contributed by atoms with Crippen molar-refractivity contribution in [3.05, 3.63) is 34.9 Å². The lowest BCUT2D eigenvalue weighted by atomic mass is 9.75. The van der Waals surface area contributed by atoms with Crippen molar-refractivity contribution in [2.45, 2.75) is 96.8 Å². The van der Waals surface area contributed by atoms with Crippen LogP contribution in [0.15, 0.2) is 23.3 Å². The number of hydrogen-bond acceptors (Lipinski definition) is 6. The summed E-state index contributed by atoms with van der Waals surface area (Å²) < 4.78 is 0. The van der Waals surface area contributed by atoms with E-state index in [1.165, 1.54) is 29.5 Å². The van der Waals surface area contributed by atoms with Gasteiger partial charge in [-0.1, -0.05) is 62.2 Å². The normalized spacial score (nSPS) is 28.1. The number of amidine groups is 1. The lowest BCUT2D eigenvalue weighted by Crippen LogP contribution is -2.68. The predicted octanol–water partition coefficient (Wildman–Crippen LogP) is 4.34. The van der Waals surface area contributed by atoms with E-state index in [9.17, 15) is 9.59 Å². The van der Waals surface area contributed by atoms with Crippen molar-refractivity contribution in [2.75, 3.05) is 6.54 Å². The van der Waals surface area contributed by atoms with Crippen LogP contribution in [0.2, 0.25) is 0 Å². The van der Waals surface area contributed by atoms with E-state index in [0.29, 0.717) is 24.9 Å². The number of nitrogens with zero attached hydrogens (tertiary/aromatic N) is 3. The van der Waals surface area contributed by atoms with Crippen molar-refractivity contribution in [3.63, 3.8) is 0 Å². The Morgan fingerprint density at radius 3 is 2.72 bits per heavy atom. The number of amides is 2. The third-order valence-electron chi connectivity index (χ3n) is 8.33. The molecule has 1 saturated heterocycles. The van der Waals surface area contributed by atoms with Gasteiger partial charge in [0.1, 0.15) is 0 Å². The van der Waals surface area contributed by atoms with Crippen LogP contribution in [-0.4, -0.2) is 51.7 Å². The quantitative estimate of drug-likeness (QED) is 0.594. The Balaban J connectivity index is 1.35. The van der Waals surface area contributed by atoms with Crippen LogP contribution in [0.1, 0.15) is 75.5 Å². The summed E-state index contributed by atoms with van der Waals surface area (Å²) in [6.45, 7) is 9.29. The predicted molar refractivity (Wildman–Crippen MR) is 145 cm³/mol. The zero-order chi connectivity index (χ0) is 25.4. The van der Waals surface area contributed by atoms with Gasteiger partial charge in [0.05, 0.1) is 5.92 Å². The monoisotopic (exact) mass is 511 g/mol. The van der Waals surface area contributed by atoms with Crippen LogP contribution >= 0.6 is 11.8 Å². The van der Waals surface area contributed by atoms with E-state index < -0.39 is 0 Å². The van der Waals surface area contributed by atoms with Crippen LogP contribution in [0.3, 0.4) is 0 Å². The van der Waals surface area contributed by atoms with E-state index in [1.807, 2.05) is 4.90 Å². The summed E-state index contributed by atoms with van der Waals surface area (Å²) in [4.78, 5) is 31.2. The molecule has 2 N–H and O–H groups in total. The molecule has 8 heteroatoms. The summed E-state index contributed by atoms with van der Waals surface area (Å²) >= 11 is 1.73. The fourth-order valence-corrected chi connectivity index (χ4v) is 7.47. The number of rotatable bonds is 6. The molecule has 0 spiro atoms. The molecule has 5 rings (SSSR count). The third kappa shape index (κ3) is 5.11. The molecule has 4 atom stereocenters. The molecular weight excluding hydrogens is 470 g/mol. The highest BCUT2D eigenvalue weighted by Crippen LogP contribution is 2.41. The van der Waals surface area contributed by atoms with Gasteiger partial charge < -0.3 is 15.1 Å². The average Bonchev–Trinajstić information content (AvgIpc) is 3.52. The van der Waals surface area contributed by atoms with Gasteiger partial charge in [0.15, 0.2) is 11.5 Å². The molecule has 2 aliphatic carbocycles. The highest BCUT2D eigenvalue weighted by Gasteiger charge is 2.53. The summed E-state index contributed by atoms with van der Waals surface area (Å²) in [5.41, 5.74) is 7.15. The number of hydrogen-bond donors (Lipinski definition) is 2. The molecule has 0 bridgehead atoms. The number of hydrazone groups is 1. The number of carbonyl (C=O) groups excluding carboxylic acids is 2.